The lowest BCUT2D eigenvalue weighted by molar-refractivity contribution is 0.874. The molecule has 0 bridgehead atoms. The molecule has 5 heteroatoms. The van der Waals surface area contributed by atoms with E-state index in [1.54, 1.807) is 11.3 Å². The fraction of sp³-hybridized carbons (Fsp3) is 0.250. The van der Waals surface area contributed by atoms with Gasteiger partial charge in [-0.15, -0.1) is 11.3 Å². The number of nitrogens with zero attached hydrogens (tertiary/aromatic N) is 3. The summed E-state index contributed by atoms with van der Waals surface area (Å²) < 4.78 is 0. The Kier molecular flexibility index (Phi) is 3.83. The van der Waals surface area contributed by atoms with Gasteiger partial charge >= 0.3 is 0 Å². The number of benzene rings is 1. The maximum Gasteiger partial charge on any atom is 0.228 e. The van der Waals surface area contributed by atoms with Crippen LogP contribution < -0.4 is 4.90 Å². The zero-order valence-electron chi connectivity index (χ0n) is 12.2. The SMILES string of the molecule is Cc1sc2nc(N(C)Cc3ccccc3)nc(Cl)c2c1C. The Morgan fingerprint density at radius 2 is 1.86 bits per heavy atom. The predicted molar refractivity (Wildman–Crippen MR) is 90.4 cm³/mol. The van der Waals surface area contributed by atoms with E-state index in [1.165, 1.54) is 16.0 Å². The monoisotopic (exact) mass is 317 g/mol. The third kappa shape index (κ3) is 2.74. The lowest BCUT2D eigenvalue weighted by Crippen LogP contribution is -2.19. The summed E-state index contributed by atoms with van der Waals surface area (Å²) in [6.45, 7) is 4.91. The van der Waals surface area contributed by atoms with E-state index in [0.717, 1.165) is 16.8 Å². The Morgan fingerprint density at radius 3 is 2.57 bits per heavy atom. The summed E-state index contributed by atoms with van der Waals surface area (Å²) in [5.74, 6) is 0.664. The molecule has 0 fully saturated rings. The number of halogens is 1. The van der Waals surface area contributed by atoms with Crippen LogP contribution in [-0.2, 0) is 6.54 Å². The van der Waals surface area contributed by atoms with Gasteiger partial charge in [0.05, 0.1) is 5.39 Å². The van der Waals surface area contributed by atoms with Crippen molar-refractivity contribution in [3.63, 3.8) is 0 Å². The topological polar surface area (TPSA) is 29.0 Å². The van der Waals surface area contributed by atoms with Crippen molar-refractivity contribution < 1.29 is 0 Å². The minimum atomic E-state index is 0.539. The molecule has 1 aromatic carbocycles. The van der Waals surface area contributed by atoms with Gasteiger partial charge in [0.25, 0.3) is 0 Å². The number of fused-ring (bicyclic) bond motifs is 1. The molecule has 3 rings (SSSR count). The first kappa shape index (κ1) is 14.3. The Balaban J connectivity index is 1.97. The highest BCUT2D eigenvalue weighted by molar-refractivity contribution is 7.18. The molecule has 2 aromatic heterocycles. The van der Waals surface area contributed by atoms with E-state index in [4.69, 9.17) is 11.6 Å². The van der Waals surface area contributed by atoms with Crippen molar-refractivity contribution in [2.45, 2.75) is 20.4 Å². The Morgan fingerprint density at radius 1 is 1.14 bits per heavy atom. The van der Waals surface area contributed by atoms with Crippen LogP contribution >= 0.6 is 22.9 Å². The molecule has 0 aliphatic heterocycles. The minimum Gasteiger partial charge on any atom is -0.339 e. The van der Waals surface area contributed by atoms with Gasteiger partial charge in [-0.3, -0.25) is 0 Å². The summed E-state index contributed by atoms with van der Waals surface area (Å²) in [5.41, 5.74) is 2.40. The molecule has 0 amide bonds. The van der Waals surface area contributed by atoms with Crippen molar-refractivity contribution >= 4 is 39.1 Å². The number of aryl methyl sites for hydroxylation is 2. The minimum absolute atomic E-state index is 0.539. The lowest BCUT2D eigenvalue weighted by Gasteiger charge is -2.17. The number of thiophene rings is 1. The summed E-state index contributed by atoms with van der Waals surface area (Å²) in [6, 6.07) is 10.3. The molecule has 0 aliphatic carbocycles. The number of hydrogen-bond donors (Lipinski definition) is 0. The van der Waals surface area contributed by atoms with Crippen LogP contribution in [0.3, 0.4) is 0 Å². The number of aromatic nitrogens is 2. The lowest BCUT2D eigenvalue weighted by atomic mass is 10.2. The molecule has 0 N–H and O–H groups in total. The van der Waals surface area contributed by atoms with Gasteiger partial charge in [0, 0.05) is 18.5 Å². The van der Waals surface area contributed by atoms with Crippen LogP contribution in [0.15, 0.2) is 30.3 Å². The average molecular weight is 318 g/mol. The van der Waals surface area contributed by atoms with Gasteiger partial charge in [0.2, 0.25) is 5.95 Å². The number of anilines is 1. The number of rotatable bonds is 3. The van der Waals surface area contributed by atoms with Gasteiger partial charge in [-0.25, -0.2) is 9.97 Å². The van der Waals surface area contributed by atoms with Crippen molar-refractivity contribution in [2.75, 3.05) is 11.9 Å². The summed E-state index contributed by atoms with van der Waals surface area (Å²) in [7, 11) is 1.98. The van der Waals surface area contributed by atoms with Crippen molar-refractivity contribution in [1.29, 1.82) is 0 Å². The first-order valence-corrected chi connectivity index (χ1v) is 7.94. The molecular formula is C16H16ClN3S. The molecule has 21 heavy (non-hydrogen) atoms. The molecule has 0 saturated heterocycles. The molecule has 0 radical (unpaired) electrons. The summed E-state index contributed by atoms with van der Waals surface area (Å²) in [4.78, 5) is 13.3. The van der Waals surface area contributed by atoms with Crippen molar-refractivity contribution in [1.82, 2.24) is 9.97 Å². The molecule has 2 heterocycles. The summed E-state index contributed by atoms with van der Waals surface area (Å²) in [5, 5.41) is 1.52. The first-order chi connectivity index (χ1) is 10.1. The maximum absolute atomic E-state index is 6.36. The van der Waals surface area contributed by atoms with E-state index in [-0.39, 0.29) is 0 Å². The second kappa shape index (κ2) is 5.62. The zero-order chi connectivity index (χ0) is 15.0. The summed E-state index contributed by atoms with van der Waals surface area (Å²) in [6.07, 6.45) is 0. The van der Waals surface area contributed by atoms with E-state index < -0.39 is 0 Å². The quantitative estimate of drug-likeness (QED) is 0.661. The van der Waals surface area contributed by atoms with Gasteiger partial charge in [-0.2, -0.15) is 0 Å². The van der Waals surface area contributed by atoms with Gasteiger partial charge in [-0.1, -0.05) is 41.9 Å². The van der Waals surface area contributed by atoms with Crippen LogP contribution in [-0.4, -0.2) is 17.0 Å². The molecule has 108 valence electrons. The van der Waals surface area contributed by atoms with Crippen LogP contribution in [0.1, 0.15) is 16.0 Å². The maximum atomic E-state index is 6.36. The van der Waals surface area contributed by atoms with Crippen LogP contribution in [0.25, 0.3) is 10.2 Å². The summed E-state index contributed by atoms with van der Waals surface area (Å²) >= 11 is 8.03. The second-order valence-electron chi connectivity index (χ2n) is 5.12. The van der Waals surface area contributed by atoms with E-state index in [0.29, 0.717) is 11.1 Å². The first-order valence-electron chi connectivity index (χ1n) is 6.74. The van der Waals surface area contributed by atoms with E-state index in [2.05, 4.69) is 35.9 Å². The Labute approximate surface area is 133 Å². The second-order valence-corrected chi connectivity index (χ2v) is 6.68. The normalized spacial score (nSPS) is 11.0. The zero-order valence-corrected chi connectivity index (χ0v) is 13.8. The Hall–Kier alpha value is -1.65. The molecule has 0 saturated carbocycles. The van der Waals surface area contributed by atoms with Crippen LogP contribution in [0.4, 0.5) is 5.95 Å². The fourth-order valence-corrected chi connectivity index (χ4v) is 3.68. The van der Waals surface area contributed by atoms with E-state index in [1.807, 2.05) is 30.1 Å². The van der Waals surface area contributed by atoms with E-state index >= 15 is 0 Å². The van der Waals surface area contributed by atoms with Gasteiger partial charge < -0.3 is 4.90 Å². The molecule has 0 aliphatic rings. The molecule has 0 spiro atoms. The molecule has 0 unspecified atom stereocenters. The van der Waals surface area contributed by atoms with Gasteiger partial charge in [0.15, 0.2) is 0 Å². The third-order valence-corrected chi connectivity index (χ3v) is 4.95. The van der Waals surface area contributed by atoms with Crippen LogP contribution in [0.2, 0.25) is 5.15 Å². The highest BCUT2D eigenvalue weighted by Crippen LogP contribution is 2.34. The smallest absolute Gasteiger partial charge is 0.228 e. The van der Waals surface area contributed by atoms with Gasteiger partial charge in [0.1, 0.15) is 9.98 Å². The fourth-order valence-electron chi connectivity index (χ4n) is 2.29. The Bertz CT molecular complexity index is 783. The largest absolute Gasteiger partial charge is 0.339 e. The van der Waals surface area contributed by atoms with Crippen LogP contribution in [0.5, 0.6) is 0 Å². The third-order valence-electron chi connectivity index (χ3n) is 3.58. The van der Waals surface area contributed by atoms with Crippen molar-refractivity contribution in [3.8, 4) is 0 Å². The van der Waals surface area contributed by atoms with Crippen molar-refractivity contribution in [2.24, 2.45) is 0 Å². The highest BCUT2D eigenvalue weighted by Gasteiger charge is 2.15. The van der Waals surface area contributed by atoms with Crippen LogP contribution in [0, 0.1) is 13.8 Å². The molecule has 0 atom stereocenters. The van der Waals surface area contributed by atoms with Crippen molar-refractivity contribution in [3.05, 3.63) is 51.5 Å². The standard InChI is InChI=1S/C16H16ClN3S/c1-10-11(2)21-15-13(10)14(17)18-16(19-15)20(3)9-12-7-5-4-6-8-12/h4-8H,9H2,1-3H3. The molecule has 3 aromatic rings. The molecule has 3 nitrogen and oxygen atoms in total. The number of hydrogen-bond acceptors (Lipinski definition) is 4. The van der Waals surface area contributed by atoms with E-state index in [9.17, 15) is 0 Å². The van der Waals surface area contributed by atoms with Gasteiger partial charge in [-0.05, 0) is 25.0 Å². The highest BCUT2D eigenvalue weighted by atomic mass is 35.5. The average Bonchev–Trinajstić information content (AvgIpc) is 2.75. The predicted octanol–water partition coefficient (Wildman–Crippen LogP) is 4.60. The molecular weight excluding hydrogens is 302 g/mol.